The maximum atomic E-state index is 12.3. The Morgan fingerprint density at radius 2 is 2.31 bits per heavy atom. The van der Waals surface area contributed by atoms with E-state index in [9.17, 15) is 18.0 Å². The van der Waals surface area contributed by atoms with Crippen LogP contribution in [0.25, 0.3) is 0 Å². The Balaban J connectivity index is 2.99. The van der Waals surface area contributed by atoms with E-state index in [0.29, 0.717) is 4.57 Å². The molecule has 1 rings (SSSR count). The third-order valence-electron chi connectivity index (χ3n) is 1.76. The first-order valence-electron chi connectivity index (χ1n) is 4.40. The van der Waals surface area contributed by atoms with E-state index < -0.39 is 24.1 Å². The zero-order chi connectivity index (χ0) is 12.3. The average Bonchev–Trinajstić information content (AvgIpc) is 2.63. The molecule has 1 aromatic heterocycles. The summed E-state index contributed by atoms with van der Waals surface area (Å²) in [6.45, 7) is 1.59. The molecule has 0 aliphatic carbocycles. The molecule has 0 spiro atoms. The molecule has 8 heteroatoms. The Hall–Kier alpha value is -1.57. The van der Waals surface area contributed by atoms with Crippen LogP contribution in [0.15, 0.2) is 12.4 Å². The van der Waals surface area contributed by atoms with Crippen molar-refractivity contribution in [3.05, 3.63) is 18.2 Å². The van der Waals surface area contributed by atoms with Crippen LogP contribution in [0.5, 0.6) is 0 Å². The van der Waals surface area contributed by atoms with Gasteiger partial charge in [-0.15, -0.1) is 0 Å². The van der Waals surface area contributed by atoms with Gasteiger partial charge in [0.1, 0.15) is 0 Å². The molecule has 0 fully saturated rings. The van der Waals surface area contributed by atoms with E-state index in [4.69, 9.17) is 5.73 Å². The third-order valence-corrected chi connectivity index (χ3v) is 1.76. The van der Waals surface area contributed by atoms with E-state index in [1.165, 1.54) is 6.92 Å². The number of hydrogen-bond acceptors (Lipinski definition) is 4. The van der Waals surface area contributed by atoms with Gasteiger partial charge in [-0.2, -0.15) is 13.2 Å². The summed E-state index contributed by atoms with van der Waals surface area (Å²) >= 11 is 0. The molecule has 1 aromatic rings. The van der Waals surface area contributed by atoms with Gasteiger partial charge in [-0.25, -0.2) is 9.78 Å². The van der Waals surface area contributed by atoms with E-state index in [1.54, 1.807) is 0 Å². The van der Waals surface area contributed by atoms with Crippen LogP contribution in [0, 0.1) is 0 Å². The van der Waals surface area contributed by atoms with Gasteiger partial charge in [-0.3, -0.25) is 0 Å². The number of carbonyl (C=O) groups excluding carboxylic acids is 1. The Kier molecular flexibility index (Phi) is 3.53. The lowest BCUT2D eigenvalue weighted by Crippen LogP contribution is -2.35. The lowest BCUT2D eigenvalue weighted by atomic mass is 10.4. The number of ether oxygens (including phenoxy) is 1. The fraction of sp³-hybridized carbons (Fsp3) is 0.500. The smallest absolute Gasteiger partial charge is 0.422 e. The second-order valence-electron chi connectivity index (χ2n) is 2.87. The van der Waals surface area contributed by atoms with Crippen molar-refractivity contribution in [3.8, 4) is 0 Å². The quantitative estimate of drug-likeness (QED) is 0.798. The highest BCUT2D eigenvalue weighted by atomic mass is 19.4. The van der Waals surface area contributed by atoms with Crippen molar-refractivity contribution in [2.24, 2.45) is 5.73 Å². The Morgan fingerprint density at radius 3 is 2.81 bits per heavy atom. The van der Waals surface area contributed by atoms with Crippen LogP contribution in [0.1, 0.15) is 23.7 Å². The summed E-state index contributed by atoms with van der Waals surface area (Å²) in [6, 6.07) is 0. The monoisotopic (exact) mass is 237 g/mol. The summed E-state index contributed by atoms with van der Waals surface area (Å²) in [5.74, 6) is -1.40. The molecule has 0 amide bonds. The van der Waals surface area contributed by atoms with Crippen molar-refractivity contribution in [2.75, 3.05) is 6.61 Å². The molecular weight excluding hydrogens is 227 g/mol. The highest BCUT2D eigenvalue weighted by Crippen LogP contribution is 2.26. The van der Waals surface area contributed by atoms with E-state index in [-0.39, 0.29) is 6.61 Å². The Bertz CT molecular complexity index is 375. The maximum absolute atomic E-state index is 12.3. The number of nitrogens with two attached hydrogens (primary N) is 1. The van der Waals surface area contributed by atoms with Crippen LogP contribution in [0.4, 0.5) is 13.2 Å². The minimum atomic E-state index is -4.65. The summed E-state index contributed by atoms with van der Waals surface area (Å²) in [7, 11) is 0. The topological polar surface area (TPSA) is 70.1 Å². The van der Waals surface area contributed by atoms with E-state index in [0.717, 1.165) is 12.4 Å². The standard InChI is InChI=1S/C8H10F3N3O2/c1-2-16-6(15)5-13-3-4-14(5)7(12)8(9,10)11/h3-4,7H,2,12H2,1H3. The highest BCUT2D eigenvalue weighted by Gasteiger charge is 2.40. The molecule has 0 aromatic carbocycles. The van der Waals surface area contributed by atoms with E-state index in [1.807, 2.05) is 0 Å². The number of alkyl halides is 3. The number of rotatable bonds is 3. The Morgan fingerprint density at radius 1 is 1.69 bits per heavy atom. The lowest BCUT2D eigenvalue weighted by molar-refractivity contribution is -0.166. The van der Waals surface area contributed by atoms with Crippen LogP contribution in [0.3, 0.4) is 0 Å². The SMILES string of the molecule is CCOC(=O)c1nccn1C(N)C(F)(F)F. The van der Waals surface area contributed by atoms with Crippen molar-refractivity contribution in [3.63, 3.8) is 0 Å². The van der Waals surface area contributed by atoms with Gasteiger partial charge in [-0.1, -0.05) is 0 Å². The van der Waals surface area contributed by atoms with Gasteiger partial charge in [0.15, 0.2) is 6.17 Å². The predicted octanol–water partition coefficient (Wildman–Crippen LogP) is 1.08. The minimum Gasteiger partial charge on any atom is -0.460 e. The second kappa shape index (κ2) is 4.52. The molecule has 1 unspecified atom stereocenters. The average molecular weight is 237 g/mol. The fourth-order valence-electron chi connectivity index (χ4n) is 1.05. The molecule has 0 aliphatic rings. The highest BCUT2D eigenvalue weighted by molar-refractivity contribution is 5.85. The molecule has 0 aliphatic heterocycles. The number of nitrogens with zero attached hydrogens (tertiary/aromatic N) is 2. The summed E-state index contributed by atoms with van der Waals surface area (Å²) < 4.78 is 42.0. The molecule has 0 bridgehead atoms. The van der Waals surface area contributed by atoms with Gasteiger partial charge < -0.3 is 15.0 Å². The predicted molar refractivity (Wildman–Crippen MR) is 47.5 cm³/mol. The zero-order valence-corrected chi connectivity index (χ0v) is 8.36. The van der Waals surface area contributed by atoms with E-state index >= 15 is 0 Å². The fourth-order valence-corrected chi connectivity index (χ4v) is 1.05. The summed E-state index contributed by atoms with van der Waals surface area (Å²) in [5, 5.41) is 0. The molecule has 5 nitrogen and oxygen atoms in total. The van der Waals surface area contributed by atoms with E-state index in [2.05, 4.69) is 9.72 Å². The van der Waals surface area contributed by atoms with Gasteiger partial charge in [-0.05, 0) is 6.92 Å². The molecule has 1 atom stereocenters. The number of hydrogen-bond donors (Lipinski definition) is 1. The minimum absolute atomic E-state index is 0.0486. The normalized spacial score (nSPS) is 13.6. The third kappa shape index (κ3) is 2.51. The molecule has 0 saturated carbocycles. The van der Waals surface area contributed by atoms with Gasteiger partial charge in [0.05, 0.1) is 6.61 Å². The van der Waals surface area contributed by atoms with Crippen LogP contribution in [-0.2, 0) is 4.74 Å². The van der Waals surface area contributed by atoms with Gasteiger partial charge in [0.25, 0.3) is 0 Å². The summed E-state index contributed by atoms with van der Waals surface area (Å²) in [6.07, 6.45) is -4.93. The molecular formula is C8H10F3N3O2. The Labute approximate surface area is 89.0 Å². The first-order valence-corrected chi connectivity index (χ1v) is 4.40. The van der Waals surface area contributed by atoms with Crippen molar-refractivity contribution < 1.29 is 22.7 Å². The molecule has 16 heavy (non-hydrogen) atoms. The van der Waals surface area contributed by atoms with Crippen molar-refractivity contribution in [1.29, 1.82) is 0 Å². The van der Waals surface area contributed by atoms with Gasteiger partial charge >= 0.3 is 12.1 Å². The largest absolute Gasteiger partial charge is 0.460 e. The zero-order valence-electron chi connectivity index (χ0n) is 8.36. The molecule has 0 radical (unpaired) electrons. The van der Waals surface area contributed by atoms with Crippen LogP contribution >= 0.6 is 0 Å². The number of imidazole rings is 1. The summed E-state index contributed by atoms with van der Waals surface area (Å²) in [5.41, 5.74) is 4.94. The van der Waals surface area contributed by atoms with Crippen molar-refractivity contribution in [2.45, 2.75) is 19.3 Å². The number of carbonyl (C=O) groups is 1. The first kappa shape index (κ1) is 12.5. The van der Waals surface area contributed by atoms with Crippen molar-refractivity contribution in [1.82, 2.24) is 9.55 Å². The molecule has 2 N–H and O–H groups in total. The first-order chi connectivity index (χ1) is 7.38. The number of esters is 1. The van der Waals surface area contributed by atoms with Crippen LogP contribution in [-0.4, -0.2) is 28.3 Å². The van der Waals surface area contributed by atoms with Gasteiger partial charge in [0.2, 0.25) is 5.82 Å². The van der Waals surface area contributed by atoms with Gasteiger partial charge in [0, 0.05) is 12.4 Å². The van der Waals surface area contributed by atoms with Crippen LogP contribution in [0.2, 0.25) is 0 Å². The molecule has 0 saturated heterocycles. The summed E-state index contributed by atoms with van der Waals surface area (Å²) in [4.78, 5) is 14.7. The van der Waals surface area contributed by atoms with Crippen LogP contribution < -0.4 is 5.73 Å². The molecule has 1 heterocycles. The lowest BCUT2D eigenvalue weighted by Gasteiger charge is -2.18. The molecule has 90 valence electrons. The maximum Gasteiger partial charge on any atom is 0.422 e. The van der Waals surface area contributed by atoms with Crippen molar-refractivity contribution >= 4 is 5.97 Å². The number of aromatic nitrogens is 2. The second-order valence-corrected chi connectivity index (χ2v) is 2.87. The number of halogens is 3.